The molecule has 0 unspecified atom stereocenters. The Morgan fingerprint density at radius 1 is 1.26 bits per heavy atom. The number of nitrogens with zero attached hydrogens (tertiary/aromatic N) is 1. The summed E-state index contributed by atoms with van der Waals surface area (Å²) < 4.78 is 0.989. The predicted molar refractivity (Wildman–Crippen MR) is 77.6 cm³/mol. The quantitative estimate of drug-likeness (QED) is 0.901. The molecule has 1 amide bonds. The summed E-state index contributed by atoms with van der Waals surface area (Å²) >= 11 is 4.92. The van der Waals surface area contributed by atoms with Crippen molar-refractivity contribution >= 4 is 33.2 Å². The molecule has 0 aliphatic rings. The Kier molecular flexibility index (Phi) is 4.11. The molecule has 0 spiro atoms. The molecule has 1 aromatic carbocycles. The number of rotatable bonds is 3. The lowest BCUT2D eigenvalue weighted by Gasteiger charge is -2.16. The molecule has 0 saturated carbocycles. The smallest absolute Gasteiger partial charge is 0.254 e. The summed E-state index contributed by atoms with van der Waals surface area (Å²) in [5.41, 5.74) is 0.260. The number of thiophene rings is 1. The van der Waals surface area contributed by atoms with Crippen LogP contribution in [0, 0.1) is 0 Å². The van der Waals surface area contributed by atoms with Crippen molar-refractivity contribution in [3.63, 3.8) is 0 Å². The van der Waals surface area contributed by atoms with Gasteiger partial charge in [-0.25, -0.2) is 0 Å². The van der Waals surface area contributed by atoms with Gasteiger partial charge in [0.15, 0.2) is 0 Å². The van der Waals surface area contributed by atoms with Gasteiger partial charge in [-0.05, 0) is 34.1 Å². The van der Waals surface area contributed by atoms with E-state index in [4.69, 9.17) is 0 Å². The number of benzene rings is 1. The van der Waals surface area contributed by atoms with E-state index >= 15 is 0 Å². The maximum Gasteiger partial charge on any atom is 0.254 e. The van der Waals surface area contributed by atoms with E-state index in [2.05, 4.69) is 15.9 Å². The van der Waals surface area contributed by atoms with Crippen LogP contribution in [0.1, 0.15) is 15.2 Å². The van der Waals surface area contributed by atoms with Crippen LogP contribution in [0.2, 0.25) is 0 Å². The fraction of sp³-hybridized carbons (Fsp3) is 0.154. The molecule has 0 saturated heterocycles. The fourth-order valence-corrected chi connectivity index (χ4v) is 3.18. The highest BCUT2D eigenvalue weighted by atomic mass is 79.9. The molecule has 19 heavy (non-hydrogen) atoms. The molecule has 2 rings (SSSR count). The van der Waals surface area contributed by atoms with Gasteiger partial charge in [0.05, 0.1) is 6.54 Å². The van der Waals surface area contributed by atoms with Crippen molar-refractivity contribution in [1.29, 1.82) is 0 Å². The van der Waals surface area contributed by atoms with E-state index in [9.17, 15) is 15.0 Å². The van der Waals surface area contributed by atoms with E-state index in [1.165, 1.54) is 23.1 Å². The Balaban J connectivity index is 2.14. The molecule has 2 N–H and O–H groups in total. The number of amides is 1. The summed E-state index contributed by atoms with van der Waals surface area (Å²) in [6, 6.07) is 5.81. The average Bonchev–Trinajstić information content (AvgIpc) is 2.72. The number of halogens is 1. The second-order valence-electron chi connectivity index (χ2n) is 4.13. The summed E-state index contributed by atoms with van der Waals surface area (Å²) in [6.07, 6.45) is 0. The van der Waals surface area contributed by atoms with Gasteiger partial charge in [-0.1, -0.05) is 0 Å². The van der Waals surface area contributed by atoms with E-state index < -0.39 is 0 Å². The highest BCUT2D eigenvalue weighted by molar-refractivity contribution is 9.10. The van der Waals surface area contributed by atoms with Crippen molar-refractivity contribution in [2.45, 2.75) is 6.54 Å². The average molecular weight is 342 g/mol. The number of hydrogen-bond donors (Lipinski definition) is 2. The summed E-state index contributed by atoms with van der Waals surface area (Å²) in [5, 5.41) is 20.7. The Morgan fingerprint density at radius 2 is 1.89 bits per heavy atom. The first-order valence-electron chi connectivity index (χ1n) is 5.47. The van der Waals surface area contributed by atoms with Crippen LogP contribution in [-0.4, -0.2) is 28.1 Å². The van der Waals surface area contributed by atoms with Crippen LogP contribution in [0.15, 0.2) is 34.1 Å². The minimum Gasteiger partial charge on any atom is -0.508 e. The van der Waals surface area contributed by atoms with E-state index in [-0.39, 0.29) is 23.0 Å². The highest BCUT2D eigenvalue weighted by Gasteiger charge is 2.14. The van der Waals surface area contributed by atoms with E-state index in [0.29, 0.717) is 6.54 Å². The molecule has 0 bridgehead atoms. The van der Waals surface area contributed by atoms with Crippen LogP contribution in [0.5, 0.6) is 11.5 Å². The van der Waals surface area contributed by atoms with Crippen molar-refractivity contribution in [3.8, 4) is 11.5 Å². The lowest BCUT2D eigenvalue weighted by Crippen LogP contribution is -2.25. The maximum absolute atomic E-state index is 12.2. The van der Waals surface area contributed by atoms with E-state index in [1.54, 1.807) is 18.4 Å². The van der Waals surface area contributed by atoms with Crippen molar-refractivity contribution in [2.75, 3.05) is 7.05 Å². The zero-order chi connectivity index (χ0) is 14.0. The molecule has 6 heteroatoms. The Hall–Kier alpha value is -1.53. The number of aromatic hydroxyl groups is 2. The fourth-order valence-electron chi connectivity index (χ4n) is 1.68. The molecular weight excluding hydrogens is 330 g/mol. The van der Waals surface area contributed by atoms with Crippen LogP contribution in [0.3, 0.4) is 0 Å². The van der Waals surface area contributed by atoms with Crippen LogP contribution in [-0.2, 0) is 6.54 Å². The lowest BCUT2D eigenvalue weighted by atomic mass is 10.1. The number of phenols is 2. The van der Waals surface area contributed by atoms with Gasteiger partial charge in [0.25, 0.3) is 5.91 Å². The third-order valence-electron chi connectivity index (χ3n) is 2.51. The first kappa shape index (κ1) is 13.9. The number of carbonyl (C=O) groups excluding carboxylic acids is 1. The number of phenolic OH excluding ortho intramolecular Hbond substituents is 2. The Labute approximate surface area is 123 Å². The molecule has 4 nitrogen and oxygen atoms in total. The van der Waals surface area contributed by atoms with Gasteiger partial charge in [-0.3, -0.25) is 4.79 Å². The minimum atomic E-state index is -0.254. The van der Waals surface area contributed by atoms with Gasteiger partial charge < -0.3 is 15.1 Å². The van der Waals surface area contributed by atoms with Gasteiger partial charge in [-0.15, -0.1) is 11.3 Å². The summed E-state index contributed by atoms with van der Waals surface area (Å²) in [5.74, 6) is -0.512. The Bertz CT molecular complexity index is 591. The van der Waals surface area contributed by atoms with Crippen LogP contribution in [0.4, 0.5) is 0 Å². The highest BCUT2D eigenvalue weighted by Crippen LogP contribution is 2.24. The molecule has 1 aromatic heterocycles. The van der Waals surface area contributed by atoms with Crippen molar-refractivity contribution in [2.24, 2.45) is 0 Å². The standard InChI is InChI=1S/C13H12BrNO3S/c1-15(6-12-4-9(14)7-19-12)13(18)8-2-10(16)5-11(17)3-8/h2-5,7,16-17H,6H2,1H3. The van der Waals surface area contributed by atoms with Gasteiger partial charge in [-0.2, -0.15) is 0 Å². The zero-order valence-corrected chi connectivity index (χ0v) is 12.5. The molecule has 0 aliphatic heterocycles. The van der Waals surface area contributed by atoms with Crippen LogP contribution >= 0.6 is 27.3 Å². The van der Waals surface area contributed by atoms with Gasteiger partial charge >= 0.3 is 0 Å². The predicted octanol–water partition coefficient (Wildman–Crippen LogP) is 3.19. The summed E-state index contributed by atoms with van der Waals surface area (Å²) in [7, 11) is 1.68. The van der Waals surface area contributed by atoms with Crippen LogP contribution < -0.4 is 0 Å². The van der Waals surface area contributed by atoms with Gasteiger partial charge in [0.1, 0.15) is 11.5 Å². The number of carbonyl (C=O) groups is 1. The molecular formula is C13H12BrNO3S. The van der Waals surface area contributed by atoms with Crippen LogP contribution in [0.25, 0.3) is 0 Å². The molecule has 0 atom stereocenters. The molecule has 2 aromatic rings. The second kappa shape index (κ2) is 5.63. The van der Waals surface area contributed by atoms with Crippen molar-refractivity contribution < 1.29 is 15.0 Å². The molecule has 0 aliphatic carbocycles. The lowest BCUT2D eigenvalue weighted by molar-refractivity contribution is 0.0785. The molecule has 1 heterocycles. The third-order valence-corrected chi connectivity index (χ3v) is 4.19. The number of hydrogen-bond acceptors (Lipinski definition) is 4. The van der Waals surface area contributed by atoms with Crippen molar-refractivity contribution in [3.05, 3.63) is 44.6 Å². The molecule has 100 valence electrons. The second-order valence-corrected chi connectivity index (χ2v) is 6.04. The van der Waals surface area contributed by atoms with E-state index in [1.807, 2.05) is 11.4 Å². The molecule has 0 fully saturated rings. The van der Waals surface area contributed by atoms with Crippen molar-refractivity contribution in [1.82, 2.24) is 4.90 Å². The topological polar surface area (TPSA) is 60.8 Å². The summed E-state index contributed by atoms with van der Waals surface area (Å²) in [4.78, 5) is 14.7. The SMILES string of the molecule is CN(Cc1cc(Br)cs1)C(=O)c1cc(O)cc(O)c1. The maximum atomic E-state index is 12.2. The first-order chi connectivity index (χ1) is 8.95. The normalized spacial score (nSPS) is 10.4. The van der Waals surface area contributed by atoms with E-state index in [0.717, 1.165) is 9.35 Å². The largest absolute Gasteiger partial charge is 0.508 e. The van der Waals surface area contributed by atoms with Gasteiger partial charge in [0, 0.05) is 33.4 Å². The third kappa shape index (κ3) is 3.48. The molecule has 0 radical (unpaired) electrons. The first-order valence-corrected chi connectivity index (χ1v) is 7.14. The Morgan fingerprint density at radius 3 is 2.42 bits per heavy atom. The summed E-state index contributed by atoms with van der Waals surface area (Å²) in [6.45, 7) is 0.478. The van der Waals surface area contributed by atoms with Gasteiger partial charge in [0.2, 0.25) is 0 Å². The zero-order valence-electron chi connectivity index (χ0n) is 10.1. The minimum absolute atomic E-state index is 0.129. The monoisotopic (exact) mass is 341 g/mol.